The topological polar surface area (TPSA) is 84.9 Å². The molecule has 2 aromatic rings. The SMILES string of the molecule is Cl.NCC(=O)[C@@H](N)Cc1c[nH]c2ccccc12. The summed E-state index contributed by atoms with van der Waals surface area (Å²) in [6.45, 7) is 0.00349. The van der Waals surface area contributed by atoms with E-state index in [1.54, 1.807) is 0 Å². The number of H-pyrrole nitrogens is 1. The molecule has 0 aliphatic rings. The van der Waals surface area contributed by atoms with Gasteiger partial charge in [-0.15, -0.1) is 12.4 Å². The van der Waals surface area contributed by atoms with Crippen LogP contribution >= 0.6 is 12.4 Å². The fourth-order valence-electron chi connectivity index (χ4n) is 1.80. The van der Waals surface area contributed by atoms with Crippen LogP contribution in [0.3, 0.4) is 0 Å². The number of carbonyl (C=O) groups is 1. The largest absolute Gasteiger partial charge is 0.361 e. The van der Waals surface area contributed by atoms with E-state index in [-0.39, 0.29) is 24.7 Å². The first-order chi connectivity index (χ1) is 7.72. The highest BCUT2D eigenvalue weighted by Crippen LogP contribution is 2.18. The maximum Gasteiger partial charge on any atom is 0.163 e. The Morgan fingerprint density at radius 1 is 1.35 bits per heavy atom. The summed E-state index contributed by atoms with van der Waals surface area (Å²) in [5.74, 6) is -0.106. The third kappa shape index (κ3) is 2.85. The quantitative estimate of drug-likeness (QED) is 0.760. The molecule has 0 aliphatic carbocycles. The van der Waals surface area contributed by atoms with Crippen LogP contribution in [-0.2, 0) is 11.2 Å². The lowest BCUT2D eigenvalue weighted by Crippen LogP contribution is -2.37. The van der Waals surface area contributed by atoms with Crippen molar-refractivity contribution in [2.45, 2.75) is 12.5 Å². The number of halogens is 1. The van der Waals surface area contributed by atoms with Crippen LogP contribution in [0.2, 0.25) is 0 Å². The highest BCUT2D eigenvalue weighted by Gasteiger charge is 2.14. The van der Waals surface area contributed by atoms with Gasteiger partial charge in [-0.05, 0) is 18.1 Å². The summed E-state index contributed by atoms with van der Waals surface area (Å²) in [5.41, 5.74) is 13.2. The van der Waals surface area contributed by atoms with Gasteiger partial charge in [0.1, 0.15) is 0 Å². The van der Waals surface area contributed by atoms with Crippen molar-refractivity contribution in [3.05, 3.63) is 36.0 Å². The first-order valence-electron chi connectivity index (χ1n) is 5.25. The number of fused-ring (bicyclic) bond motifs is 1. The molecule has 2 rings (SSSR count). The highest BCUT2D eigenvalue weighted by atomic mass is 35.5. The molecule has 0 unspecified atom stereocenters. The Kier molecular flexibility index (Phi) is 4.69. The summed E-state index contributed by atoms with van der Waals surface area (Å²) in [6, 6.07) is 7.43. The van der Waals surface area contributed by atoms with Gasteiger partial charge in [0.2, 0.25) is 0 Å². The third-order valence-corrected chi connectivity index (χ3v) is 2.73. The van der Waals surface area contributed by atoms with Crippen molar-refractivity contribution >= 4 is 29.1 Å². The number of aromatic amines is 1. The van der Waals surface area contributed by atoms with E-state index in [1.165, 1.54) is 0 Å². The number of rotatable bonds is 4. The number of hydrogen-bond donors (Lipinski definition) is 3. The predicted molar refractivity (Wildman–Crippen MR) is 71.3 cm³/mol. The summed E-state index contributed by atoms with van der Waals surface area (Å²) in [4.78, 5) is 14.5. The number of nitrogens with one attached hydrogen (secondary N) is 1. The van der Waals surface area contributed by atoms with E-state index < -0.39 is 6.04 Å². The molecule has 1 aromatic carbocycles. The van der Waals surface area contributed by atoms with Gasteiger partial charge in [-0.2, -0.15) is 0 Å². The van der Waals surface area contributed by atoms with Crippen LogP contribution < -0.4 is 11.5 Å². The lowest BCUT2D eigenvalue weighted by Gasteiger charge is -2.07. The van der Waals surface area contributed by atoms with Gasteiger partial charge in [-0.1, -0.05) is 18.2 Å². The zero-order valence-electron chi connectivity index (χ0n) is 9.35. The van der Waals surface area contributed by atoms with Crippen molar-refractivity contribution in [3.8, 4) is 0 Å². The van der Waals surface area contributed by atoms with Crippen LogP contribution in [-0.4, -0.2) is 23.4 Å². The van der Waals surface area contributed by atoms with Crippen LogP contribution in [0.5, 0.6) is 0 Å². The second-order valence-electron chi connectivity index (χ2n) is 3.84. The van der Waals surface area contributed by atoms with Crippen molar-refractivity contribution in [1.29, 1.82) is 0 Å². The average Bonchev–Trinajstić information content (AvgIpc) is 2.72. The Bertz CT molecular complexity index is 509. The van der Waals surface area contributed by atoms with Crippen molar-refractivity contribution < 1.29 is 4.79 Å². The lowest BCUT2D eigenvalue weighted by molar-refractivity contribution is -0.118. The summed E-state index contributed by atoms with van der Waals surface area (Å²) in [5, 5.41) is 1.11. The number of Topliss-reactive ketones (excluding diaryl/α,β-unsaturated/α-hetero) is 1. The average molecular weight is 254 g/mol. The minimum absolute atomic E-state index is 0. The molecule has 0 radical (unpaired) electrons. The molecule has 0 saturated heterocycles. The zero-order chi connectivity index (χ0) is 11.5. The maximum absolute atomic E-state index is 11.3. The van der Waals surface area contributed by atoms with Crippen molar-refractivity contribution in [2.75, 3.05) is 6.54 Å². The standard InChI is InChI=1S/C12H15N3O.ClH/c13-6-12(16)10(14)5-8-7-15-11-4-2-1-3-9(8)11;/h1-4,7,10,15H,5-6,13-14H2;1H/t10-;/m0./s1. The molecule has 17 heavy (non-hydrogen) atoms. The second kappa shape index (κ2) is 5.82. The number of para-hydroxylation sites is 1. The summed E-state index contributed by atoms with van der Waals surface area (Å²) in [7, 11) is 0. The Labute approximate surface area is 106 Å². The second-order valence-corrected chi connectivity index (χ2v) is 3.84. The minimum Gasteiger partial charge on any atom is -0.361 e. The number of hydrogen-bond acceptors (Lipinski definition) is 3. The summed E-state index contributed by atoms with van der Waals surface area (Å²) in [6.07, 6.45) is 2.42. The molecule has 0 aliphatic heterocycles. The van der Waals surface area contributed by atoms with Crippen LogP contribution in [0.4, 0.5) is 0 Å². The summed E-state index contributed by atoms with van der Waals surface area (Å²) < 4.78 is 0. The predicted octanol–water partition coefficient (Wildman–Crippen LogP) is 0.987. The van der Waals surface area contributed by atoms with E-state index in [0.717, 1.165) is 16.5 Å². The van der Waals surface area contributed by atoms with Gasteiger partial charge in [-0.3, -0.25) is 4.79 Å². The molecule has 5 heteroatoms. The molecule has 0 amide bonds. The van der Waals surface area contributed by atoms with E-state index in [2.05, 4.69) is 4.98 Å². The first-order valence-corrected chi connectivity index (χ1v) is 5.25. The van der Waals surface area contributed by atoms with Crippen LogP contribution in [0.15, 0.2) is 30.5 Å². The number of carbonyl (C=O) groups excluding carboxylic acids is 1. The molecule has 0 bridgehead atoms. The monoisotopic (exact) mass is 253 g/mol. The van der Waals surface area contributed by atoms with Gasteiger partial charge in [-0.25, -0.2) is 0 Å². The zero-order valence-corrected chi connectivity index (χ0v) is 10.2. The molecule has 5 N–H and O–H groups in total. The molecular weight excluding hydrogens is 238 g/mol. The van der Waals surface area contributed by atoms with Crippen LogP contribution in [0.1, 0.15) is 5.56 Å². The number of ketones is 1. The van der Waals surface area contributed by atoms with Gasteiger partial charge in [0.25, 0.3) is 0 Å². The van der Waals surface area contributed by atoms with Crippen molar-refractivity contribution in [3.63, 3.8) is 0 Å². The smallest absolute Gasteiger partial charge is 0.163 e. The lowest BCUT2D eigenvalue weighted by atomic mass is 10.0. The molecule has 4 nitrogen and oxygen atoms in total. The van der Waals surface area contributed by atoms with E-state index >= 15 is 0 Å². The molecule has 1 heterocycles. The number of aromatic nitrogens is 1. The molecule has 0 saturated carbocycles. The molecule has 1 aromatic heterocycles. The molecular formula is C12H16ClN3O. The minimum atomic E-state index is -0.510. The third-order valence-electron chi connectivity index (χ3n) is 2.73. The fraction of sp³-hybridized carbons (Fsp3) is 0.250. The van der Waals surface area contributed by atoms with Gasteiger partial charge in [0.05, 0.1) is 12.6 Å². The van der Waals surface area contributed by atoms with Crippen LogP contribution in [0.25, 0.3) is 10.9 Å². The normalized spacial score (nSPS) is 12.1. The van der Waals surface area contributed by atoms with Gasteiger partial charge >= 0.3 is 0 Å². The van der Waals surface area contributed by atoms with E-state index in [0.29, 0.717) is 6.42 Å². The highest BCUT2D eigenvalue weighted by molar-refractivity contribution is 5.88. The Balaban J connectivity index is 0.00000144. The van der Waals surface area contributed by atoms with Gasteiger partial charge in [0.15, 0.2) is 5.78 Å². The van der Waals surface area contributed by atoms with E-state index in [1.807, 2.05) is 30.5 Å². The van der Waals surface area contributed by atoms with Crippen molar-refractivity contribution in [2.24, 2.45) is 11.5 Å². The number of benzene rings is 1. The number of nitrogens with two attached hydrogens (primary N) is 2. The van der Waals surface area contributed by atoms with Gasteiger partial charge in [0, 0.05) is 17.1 Å². The molecule has 0 fully saturated rings. The fourth-order valence-corrected chi connectivity index (χ4v) is 1.80. The molecule has 1 atom stereocenters. The first kappa shape index (κ1) is 13.7. The molecule has 92 valence electrons. The Morgan fingerprint density at radius 3 is 2.76 bits per heavy atom. The van der Waals surface area contributed by atoms with E-state index in [4.69, 9.17) is 11.5 Å². The maximum atomic E-state index is 11.3. The summed E-state index contributed by atoms with van der Waals surface area (Å²) >= 11 is 0. The van der Waals surface area contributed by atoms with Crippen LogP contribution in [0, 0.1) is 0 Å². The van der Waals surface area contributed by atoms with Gasteiger partial charge < -0.3 is 16.5 Å². The Hall–Kier alpha value is -1.36. The van der Waals surface area contributed by atoms with E-state index in [9.17, 15) is 4.79 Å². The van der Waals surface area contributed by atoms with Crippen molar-refractivity contribution in [1.82, 2.24) is 4.98 Å². The molecule has 0 spiro atoms. The Morgan fingerprint density at radius 2 is 2.06 bits per heavy atom.